The van der Waals surface area contributed by atoms with Gasteiger partial charge in [-0.15, -0.1) is 0 Å². The number of alkyl carbamates (subject to hydrolysis) is 1. The van der Waals surface area contributed by atoms with Crippen LogP contribution in [0.1, 0.15) is 92.2 Å². The summed E-state index contributed by atoms with van der Waals surface area (Å²) < 4.78 is 27.9. The fraction of sp³-hybridized carbons (Fsp3) is 0.449. The van der Waals surface area contributed by atoms with Gasteiger partial charge in [0.1, 0.15) is 36.1 Å². The van der Waals surface area contributed by atoms with E-state index in [-0.39, 0.29) is 48.6 Å². The van der Waals surface area contributed by atoms with E-state index < -0.39 is 24.6 Å². The Morgan fingerprint density at radius 1 is 0.908 bits per heavy atom. The van der Waals surface area contributed by atoms with Crippen LogP contribution in [0.5, 0.6) is 5.75 Å². The Balaban J connectivity index is 0.891. The second-order valence-corrected chi connectivity index (χ2v) is 18.2. The molecular formula is C49H56N8O8. The van der Waals surface area contributed by atoms with Crippen molar-refractivity contribution in [2.45, 2.75) is 96.1 Å². The molecule has 340 valence electrons. The van der Waals surface area contributed by atoms with Crippen LogP contribution in [0.4, 0.5) is 4.79 Å². The predicted octanol–water partition coefficient (Wildman–Crippen LogP) is 6.71. The number of fused-ring (bicyclic) bond motifs is 6. The number of methoxy groups -OCH3 is 2. The first-order valence-corrected chi connectivity index (χ1v) is 22.7. The lowest BCUT2D eigenvalue weighted by Gasteiger charge is -2.34. The van der Waals surface area contributed by atoms with Crippen molar-refractivity contribution in [2.75, 3.05) is 34.2 Å². The quantitative estimate of drug-likeness (QED) is 0.104. The van der Waals surface area contributed by atoms with Crippen LogP contribution in [0.15, 0.2) is 66.9 Å². The molecule has 1 aliphatic carbocycles. The largest absolute Gasteiger partial charge is 0.488 e. The maximum atomic E-state index is 14.6. The van der Waals surface area contributed by atoms with Gasteiger partial charge in [-0.05, 0) is 91.0 Å². The number of hydrogen-bond donors (Lipinski definition) is 4. The number of likely N-dealkylation sites (tertiary alicyclic amines) is 2. The fourth-order valence-corrected chi connectivity index (χ4v) is 10.3. The Bertz CT molecular complexity index is 2590. The zero-order chi connectivity index (χ0) is 44.9. The second kappa shape index (κ2) is 17.7. The minimum absolute atomic E-state index is 0.0119. The summed E-state index contributed by atoms with van der Waals surface area (Å²) in [5.41, 5.74) is 10.1. The number of benzene rings is 3. The number of hydrogen-bond acceptors (Lipinski definition) is 11. The van der Waals surface area contributed by atoms with E-state index in [4.69, 9.17) is 33.7 Å². The third-order valence-electron chi connectivity index (χ3n) is 13.7. The van der Waals surface area contributed by atoms with Crippen molar-refractivity contribution in [1.29, 1.82) is 0 Å². The number of aromatic amines is 2. The van der Waals surface area contributed by atoms with Crippen LogP contribution in [0.2, 0.25) is 0 Å². The molecule has 5 aliphatic rings. The number of nitrogens with one attached hydrogen (secondary N) is 4. The first-order chi connectivity index (χ1) is 31.6. The molecule has 4 aliphatic heterocycles. The highest BCUT2D eigenvalue weighted by Gasteiger charge is 2.44. The van der Waals surface area contributed by atoms with Gasteiger partial charge in [0.25, 0.3) is 0 Å². The SMILES string of the molecule is COC[C@H]1C[C@@H](c2nc3c([nH]2)-c2cc4c(cc2CC3)-c2ccc(-c3cnc([C@@H]5CC[C@H](C)N5C(=O)[C@@H](NC(=O)OC)C(C)C)[nH]3)cc2CO4)N(C(=O)[C@H](NC2OCO2)c2ccccc2)C1. The number of aromatic nitrogens is 4. The van der Waals surface area contributed by atoms with Gasteiger partial charge in [0.05, 0.1) is 49.1 Å². The van der Waals surface area contributed by atoms with E-state index in [2.05, 4.69) is 50.9 Å². The van der Waals surface area contributed by atoms with Gasteiger partial charge in [0, 0.05) is 36.7 Å². The second-order valence-electron chi connectivity index (χ2n) is 18.2. The summed E-state index contributed by atoms with van der Waals surface area (Å²) in [4.78, 5) is 61.6. The number of imidazole rings is 2. The Morgan fingerprint density at radius 3 is 2.49 bits per heavy atom. The van der Waals surface area contributed by atoms with Gasteiger partial charge in [-0.25, -0.2) is 14.8 Å². The molecule has 16 heteroatoms. The van der Waals surface area contributed by atoms with E-state index in [1.807, 2.05) is 67.1 Å². The van der Waals surface area contributed by atoms with E-state index in [1.165, 1.54) is 12.7 Å². The molecule has 4 N–H and O–H groups in total. The lowest BCUT2D eigenvalue weighted by Crippen LogP contribution is -2.52. The van der Waals surface area contributed by atoms with Crippen LogP contribution in [0.25, 0.3) is 33.6 Å². The van der Waals surface area contributed by atoms with Crippen LogP contribution < -0.4 is 15.4 Å². The highest BCUT2D eigenvalue weighted by Crippen LogP contribution is 2.46. The van der Waals surface area contributed by atoms with Gasteiger partial charge in [-0.2, -0.15) is 0 Å². The number of carbonyl (C=O) groups is 3. The van der Waals surface area contributed by atoms with Crippen LogP contribution >= 0.6 is 0 Å². The van der Waals surface area contributed by atoms with E-state index in [0.717, 1.165) is 100.0 Å². The van der Waals surface area contributed by atoms with Crippen LogP contribution in [-0.4, -0.2) is 100 Å². The normalized spacial score (nSPS) is 22.0. The van der Waals surface area contributed by atoms with Gasteiger partial charge in [-0.3, -0.25) is 14.9 Å². The molecule has 0 spiro atoms. The van der Waals surface area contributed by atoms with Gasteiger partial charge in [0.15, 0.2) is 6.79 Å². The fourth-order valence-electron chi connectivity index (χ4n) is 10.3. The molecule has 10 rings (SSSR count). The van der Waals surface area contributed by atoms with E-state index in [1.54, 1.807) is 7.11 Å². The molecule has 3 saturated heterocycles. The van der Waals surface area contributed by atoms with Gasteiger partial charge in [-0.1, -0.05) is 56.3 Å². The Labute approximate surface area is 377 Å². The molecule has 16 nitrogen and oxygen atoms in total. The van der Waals surface area contributed by atoms with Crippen LogP contribution in [0, 0.1) is 11.8 Å². The molecule has 0 radical (unpaired) electrons. The Kier molecular flexibility index (Phi) is 11.7. The van der Waals surface area contributed by atoms with Crippen LogP contribution in [-0.2, 0) is 48.0 Å². The maximum absolute atomic E-state index is 14.6. The molecule has 3 fully saturated rings. The maximum Gasteiger partial charge on any atom is 0.407 e. The number of nitrogens with zero attached hydrogens (tertiary/aromatic N) is 4. The first kappa shape index (κ1) is 42.9. The molecule has 3 amide bonds. The average molecular weight is 885 g/mol. The predicted molar refractivity (Wildman–Crippen MR) is 239 cm³/mol. The number of H-pyrrole nitrogens is 2. The standard InChI is InChI=1S/C49H56N8O8/c1-26(2)41(54-48(60)62-5)47(59)57-27(3)11-16-38(57)44-50-21-37(52-44)31-12-14-33-32(18-31)24-63-40-20-34-30(19-35(33)40)13-15-36-43(34)53-45(51-36)39-17-28(23-61-4)22-56(39)46(58)42(55-49-64-25-65-49)29-9-7-6-8-10-29/h6-10,12,14,18-21,26-28,38-39,41-42,49,55H,11,13,15-17,22-25H2,1-5H3,(H,50,52)(H,51,53)(H,54,60)/t27-,28-,38-,39-,41-,42+/m0/s1. The monoisotopic (exact) mass is 884 g/mol. The molecule has 2 aromatic heterocycles. The first-order valence-electron chi connectivity index (χ1n) is 22.7. The van der Waals surface area contributed by atoms with Crippen LogP contribution in [0.3, 0.4) is 0 Å². The van der Waals surface area contributed by atoms with Crippen molar-refractivity contribution in [1.82, 2.24) is 40.4 Å². The smallest absolute Gasteiger partial charge is 0.407 e. The summed E-state index contributed by atoms with van der Waals surface area (Å²) in [6, 6.07) is 18.6. The zero-order valence-electron chi connectivity index (χ0n) is 37.4. The third kappa shape index (κ3) is 8.06. The molecule has 3 aromatic carbocycles. The van der Waals surface area contributed by atoms with Crippen molar-refractivity contribution in [3.63, 3.8) is 0 Å². The summed E-state index contributed by atoms with van der Waals surface area (Å²) in [5.74, 6) is 2.11. The van der Waals surface area contributed by atoms with Crippen molar-refractivity contribution in [3.05, 3.63) is 101 Å². The molecule has 0 bridgehead atoms. The average Bonchev–Trinajstić information content (AvgIpc) is 4.13. The summed E-state index contributed by atoms with van der Waals surface area (Å²) in [6.07, 6.45) is 4.44. The number of ether oxygens (including phenoxy) is 5. The van der Waals surface area contributed by atoms with Gasteiger partial charge in [0.2, 0.25) is 18.2 Å². The van der Waals surface area contributed by atoms with E-state index in [0.29, 0.717) is 19.8 Å². The number of rotatable bonds is 12. The summed E-state index contributed by atoms with van der Waals surface area (Å²) in [6.45, 7) is 7.53. The number of amides is 3. The van der Waals surface area contributed by atoms with E-state index in [9.17, 15) is 14.4 Å². The highest BCUT2D eigenvalue weighted by atomic mass is 16.9. The molecule has 6 heterocycles. The summed E-state index contributed by atoms with van der Waals surface area (Å²) >= 11 is 0. The topological polar surface area (TPSA) is 185 Å². The van der Waals surface area contributed by atoms with Gasteiger partial charge < -0.3 is 48.8 Å². The number of aryl methyl sites for hydroxylation is 2. The Morgan fingerprint density at radius 2 is 1.74 bits per heavy atom. The van der Waals surface area contributed by atoms with Crippen molar-refractivity contribution in [3.8, 4) is 39.4 Å². The highest BCUT2D eigenvalue weighted by molar-refractivity contribution is 5.87. The molecule has 0 saturated carbocycles. The minimum Gasteiger partial charge on any atom is -0.488 e. The molecule has 5 aromatic rings. The molecule has 0 unspecified atom stereocenters. The number of carbonyl (C=O) groups excluding carboxylic acids is 3. The van der Waals surface area contributed by atoms with Crippen molar-refractivity contribution < 1.29 is 38.1 Å². The summed E-state index contributed by atoms with van der Waals surface area (Å²) in [5, 5.41) is 6.00. The summed E-state index contributed by atoms with van der Waals surface area (Å²) in [7, 11) is 3.00. The lowest BCUT2D eigenvalue weighted by molar-refractivity contribution is -0.335. The molecule has 65 heavy (non-hydrogen) atoms. The molecule has 6 atom stereocenters. The van der Waals surface area contributed by atoms with Crippen molar-refractivity contribution in [2.24, 2.45) is 11.8 Å². The lowest BCUT2D eigenvalue weighted by atomic mass is 9.86. The minimum atomic E-state index is -0.715. The van der Waals surface area contributed by atoms with Gasteiger partial charge >= 0.3 is 6.09 Å². The Hall–Kier alpha value is -6.07. The van der Waals surface area contributed by atoms with Crippen molar-refractivity contribution >= 4 is 17.9 Å². The van der Waals surface area contributed by atoms with E-state index >= 15 is 0 Å². The zero-order valence-corrected chi connectivity index (χ0v) is 37.4. The molecular weight excluding hydrogens is 829 g/mol. The third-order valence-corrected chi connectivity index (χ3v) is 13.7.